The fraction of sp³-hybridized carbons (Fsp3) is 0.308. The summed E-state index contributed by atoms with van der Waals surface area (Å²) in [5.74, 6) is -4.32. The van der Waals surface area contributed by atoms with E-state index >= 15 is 4.39 Å². The van der Waals surface area contributed by atoms with E-state index in [-0.39, 0.29) is 11.1 Å². The largest absolute Gasteiger partial charge is 0.206 e. The highest BCUT2D eigenvalue weighted by Gasteiger charge is 2.25. The minimum absolute atomic E-state index is 0.0106. The van der Waals surface area contributed by atoms with Gasteiger partial charge in [-0.25, -0.2) is 17.6 Å². The predicted octanol–water partition coefficient (Wildman–Crippen LogP) is 7.53. The summed E-state index contributed by atoms with van der Waals surface area (Å²) in [5.41, 5.74) is 4.22. The fourth-order valence-electron chi connectivity index (χ4n) is 4.36. The highest BCUT2D eigenvalue weighted by molar-refractivity contribution is 5.66. The van der Waals surface area contributed by atoms with Crippen molar-refractivity contribution in [2.45, 2.75) is 51.4 Å². The molecule has 0 saturated heterocycles. The fourth-order valence-corrected chi connectivity index (χ4v) is 4.36. The molecule has 1 aliphatic rings. The van der Waals surface area contributed by atoms with Gasteiger partial charge in [0, 0.05) is 5.56 Å². The van der Waals surface area contributed by atoms with E-state index < -0.39 is 23.3 Å². The normalized spacial score (nSPS) is 15.8. The Balaban J connectivity index is 1.58. The highest BCUT2D eigenvalue weighted by atomic mass is 19.2. The first kappa shape index (κ1) is 20.6. The summed E-state index contributed by atoms with van der Waals surface area (Å²) in [5, 5.41) is 0. The van der Waals surface area contributed by atoms with Gasteiger partial charge in [0.25, 0.3) is 0 Å². The van der Waals surface area contributed by atoms with Crippen molar-refractivity contribution in [2.75, 3.05) is 0 Å². The first-order chi connectivity index (χ1) is 14.5. The average molecular weight is 412 g/mol. The molecular weight excluding hydrogens is 388 g/mol. The molecule has 0 amide bonds. The SMILES string of the molecule is CCCCc1ccc(C2CCc3c(ccc(-c4cc(F)c(F)c(F)c4)c3F)C2)cc1. The van der Waals surface area contributed by atoms with E-state index in [1.54, 1.807) is 0 Å². The molecule has 3 aromatic rings. The van der Waals surface area contributed by atoms with Crippen LogP contribution in [0.1, 0.15) is 54.4 Å². The number of rotatable bonds is 5. The maximum Gasteiger partial charge on any atom is 0.194 e. The molecular formula is C26H24F4. The van der Waals surface area contributed by atoms with Gasteiger partial charge in [-0.05, 0) is 78.0 Å². The van der Waals surface area contributed by atoms with Crippen LogP contribution in [0.15, 0.2) is 48.5 Å². The van der Waals surface area contributed by atoms with Crippen molar-refractivity contribution < 1.29 is 17.6 Å². The van der Waals surface area contributed by atoms with Crippen molar-refractivity contribution >= 4 is 0 Å². The molecule has 0 nitrogen and oxygen atoms in total. The summed E-state index contributed by atoms with van der Waals surface area (Å²) in [4.78, 5) is 0. The van der Waals surface area contributed by atoms with Crippen molar-refractivity contribution in [2.24, 2.45) is 0 Å². The lowest BCUT2D eigenvalue weighted by Gasteiger charge is -2.26. The smallest absolute Gasteiger partial charge is 0.194 e. The molecule has 0 N–H and O–H groups in total. The van der Waals surface area contributed by atoms with E-state index in [1.165, 1.54) is 30.0 Å². The Morgan fingerprint density at radius 1 is 0.867 bits per heavy atom. The summed E-state index contributed by atoms with van der Waals surface area (Å²) in [7, 11) is 0. The number of aryl methyl sites for hydroxylation is 1. The first-order valence-electron chi connectivity index (χ1n) is 10.5. The number of hydrogen-bond acceptors (Lipinski definition) is 0. The minimum Gasteiger partial charge on any atom is -0.206 e. The van der Waals surface area contributed by atoms with Gasteiger partial charge < -0.3 is 0 Å². The predicted molar refractivity (Wildman–Crippen MR) is 112 cm³/mol. The van der Waals surface area contributed by atoms with Gasteiger partial charge >= 0.3 is 0 Å². The third kappa shape index (κ3) is 4.00. The second kappa shape index (κ2) is 8.63. The number of halogens is 4. The number of unbranched alkanes of at least 4 members (excludes halogenated alkanes) is 1. The van der Waals surface area contributed by atoms with E-state index in [4.69, 9.17) is 0 Å². The van der Waals surface area contributed by atoms with Crippen LogP contribution in [0.5, 0.6) is 0 Å². The molecule has 1 unspecified atom stereocenters. The molecule has 0 aromatic heterocycles. The molecule has 156 valence electrons. The van der Waals surface area contributed by atoms with Crippen LogP contribution >= 0.6 is 0 Å². The van der Waals surface area contributed by atoms with Crippen LogP contribution in [0, 0.1) is 23.3 Å². The molecule has 4 heteroatoms. The third-order valence-electron chi connectivity index (χ3n) is 6.11. The van der Waals surface area contributed by atoms with E-state index in [0.717, 1.165) is 37.0 Å². The first-order valence-corrected chi connectivity index (χ1v) is 10.5. The van der Waals surface area contributed by atoms with E-state index in [0.29, 0.717) is 17.9 Å². The zero-order valence-electron chi connectivity index (χ0n) is 17.0. The lowest BCUT2D eigenvalue weighted by molar-refractivity contribution is 0.447. The number of hydrogen-bond donors (Lipinski definition) is 0. The van der Waals surface area contributed by atoms with Crippen molar-refractivity contribution in [3.63, 3.8) is 0 Å². The minimum atomic E-state index is -1.54. The van der Waals surface area contributed by atoms with Crippen molar-refractivity contribution in [1.82, 2.24) is 0 Å². The Bertz CT molecular complexity index is 1030. The van der Waals surface area contributed by atoms with Crippen LogP contribution in [0.2, 0.25) is 0 Å². The van der Waals surface area contributed by atoms with Gasteiger partial charge in [-0.2, -0.15) is 0 Å². The summed E-state index contributed by atoms with van der Waals surface area (Å²) >= 11 is 0. The van der Waals surface area contributed by atoms with E-state index in [9.17, 15) is 13.2 Å². The monoisotopic (exact) mass is 412 g/mol. The maximum absolute atomic E-state index is 15.2. The second-order valence-electron chi connectivity index (χ2n) is 8.10. The van der Waals surface area contributed by atoms with Crippen molar-refractivity contribution in [3.05, 3.63) is 94.1 Å². The van der Waals surface area contributed by atoms with Crippen LogP contribution in [0.25, 0.3) is 11.1 Å². The van der Waals surface area contributed by atoms with Crippen LogP contribution < -0.4 is 0 Å². The van der Waals surface area contributed by atoms with Gasteiger partial charge in [-0.3, -0.25) is 0 Å². The van der Waals surface area contributed by atoms with Gasteiger partial charge in [0.05, 0.1) is 0 Å². The quantitative estimate of drug-likeness (QED) is 0.300. The third-order valence-corrected chi connectivity index (χ3v) is 6.11. The van der Waals surface area contributed by atoms with Gasteiger partial charge in [-0.1, -0.05) is 49.7 Å². The van der Waals surface area contributed by atoms with Gasteiger partial charge in [0.15, 0.2) is 17.5 Å². The van der Waals surface area contributed by atoms with Crippen molar-refractivity contribution in [1.29, 1.82) is 0 Å². The Kier molecular flexibility index (Phi) is 5.94. The van der Waals surface area contributed by atoms with E-state index in [2.05, 4.69) is 31.2 Å². The summed E-state index contributed by atoms with van der Waals surface area (Å²) in [6.45, 7) is 2.18. The molecule has 0 bridgehead atoms. The lowest BCUT2D eigenvalue weighted by atomic mass is 9.79. The molecule has 0 saturated carbocycles. The van der Waals surface area contributed by atoms with Crippen LogP contribution in [-0.4, -0.2) is 0 Å². The van der Waals surface area contributed by atoms with E-state index in [1.807, 2.05) is 6.07 Å². The zero-order valence-corrected chi connectivity index (χ0v) is 17.0. The molecule has 3 aromatic carbocycles. The Morgan fingerprint density at radius 2 is 1.57 bits per heavy atom. The van der Waals surface area contributed by atoms with Gasteiger partial charge in [-0.15, -0.1) is 0 Å². The molecule has 0 radical (unpaired) electrons. The Labute approximate surface area is 174 Å². The van der Waals surface area contributed by atoms with Gasteiger partial charge in [0.2, 0.25) is 0 Å². The zero-order chi connectivity index (χ0) is 21.3. The number of benzene rings is 3. The molecule has 1 aliphatic carbocycles. The summed E-state index contributed by atoms with van der Waals surface area (Å²) in [6.07, 6.45) is 5.54. The second-order valence-corrected chi connectivity index (χ2v) is 8.10. The Hall–Kier alpha value is -2.62. The van der Waals surface area contributed by atoms with Crippen LogP contribution in [-0.2, 0) is 19.3 Å². The standard InChI is InChI=1S/C26H24F4/c1-2-3-4-16-5-7-17(8-6-16)18-9-11-21-19(13-18)10-12-22(25(21)29)20-14-23(27)26(30)24(28)15-20/h5-8,10,12,14-15,18H,2-4,9,11,13H2,1H3. The summed E-state index contributed by atoms with van der Waals surface area (Å²) in [6, 6.07) is 13.8. The van der Waals surface area contributed by atoms with Gasteiger partial charge in [0.1, 0.15) is 5.82 Å². The molecule has 0 fully saturated rings. The van der Waals surface area contributed by atoms with Crippen LogP contribution in [0.4, 0.5) is 17.6 Å². The molecule has 4 rings (SSSR count). The molecule has 0 aliphatic heterocycles. The van der Waals surface area contributed by atoms with Crippen molar-refractivity contribution in [3.8, 4) is 11.1 Å². The molecule has 0 heterocycles. The lowest BCUT2D eigenvalue weighted by Crippen LogP contribution is -2.15. The maximum atomic E-state index is 15.2. The summed E-state index contributed by atoms with van der Waals surface area (Å²) < 4.78 is 55.6. The number of fused-ring (bicyclic) bond motifs is 1. The molecule has 1 atom stereocenters. The highest BCUT2D eigenvalue weighted by Crippen LogP contribution is 2.37. The topological polar surface area (TPSA) is 0 Å². The molecule has 0 spiro atoms. The Morgan fingerprint density at radius 3 is 2.23 bits per heavy atom. The molecule has 30 heavy (non-hydrogen) atoms. The van der Waals surface area contributed by atoms with Crippen LogP contribution in [0.3, 0.4) is 0 Å². The average Bonchev–Trinajstić information content (AvgIpc) is 2.76.